The van der Waals surface area contributed by atoms with Crippen LogP contribution in [0.2, 0.25) is 0 Å². The lowest BCUT2D eigenvalue weighted by molar-refractivity contribution is 0.0523. The summed E-state index contributed by atoms with van der Waals surface area (Å²) in [4.78, 5) is 0. The molecule has 0 aromatic rings. The molecule has 1 saturated heterocycles. The van der Waals surface area contributed by atoms with E-state index in [0.29, 0.717) is 0 Å². The van der Waals surface area contributed by atoms with Crippen LogP contribution in [0.3, 0.4) is 0 Å². The van der Waals surface area contributed by atoms with Crippen LogP contribution in [0.5, 0.6) is 0 Å². The summed E-state index contributed by atoms with van der Waals surface area (Å²) in [5, 5.41) is 0. The minimum atomic E-state index is 0.855. The van der Waals surface area contributed by atoms with Crippen LogP contribution in [0.4, 0.5) is 0 Å². The van der Waals surface area contributed by atoms with Crippen LogP contribution in [-0.2, 0) is 4.74 Å². The van der Waals surface area contributed by atoms with Gasteiger partial charge in [0.25, 0.3) is 0 Å². The molecule has 9 heavy (non-hydrogen) atoms. The van der Waals surface area contributed by atoms with Gasteiger partial charge < -0.3 is 4.74 Å². The summed E-state index contributed by atoms with van der Waals surface area (Å²) in [5.74, 6) is 1.78. The molecular weight excluding hydrogens is 112 g/mol. The zero-order chi connectivity index (χ0) is 6.69. The molecule has 0 N–H and O–H groups in total. The maximum Gasteiger partial charge on any atom is 0.0468 e. The van der Waals surface area contributed by atoms with Crippen LogP contribution < -0.4 is 0 Å². The number of hydrogen-bond acceptors (Lipinski definition) is 1. The van der Waals surface area contributed by atoms with Crippen molar-refractivity contribution in [2.45, 2.75) is 26.7 Å². The number of hydrogen-bond donors (Lipinski definition) is 0. The molecule has 0 unspecified atom stereocenters. The summed E-state index contributed by atoms with van der Waals surface area (Å²) in [6.45, 7) is 6.58. The molecule has 1 aliphatic rings. The second-order valence-corrected chi connectivity index (χ2v) is 3.19. The molecule has 0 amide bonds. The summed E-state index contributed by atoms with van der Waals surface area (Å²) >= 11 is 0. The van der Waals surface area contributed by atoms with Gasteiger partial charge in [-0.3, -0.25) is 0 Å². The Morgan fingerprint density at radius 1 is 1.22 bits per heavy atom. The van der Waals surface area contributed by atoms with Gasteiger partial charge in [0.05, 0.1) is 0 Å². The van der Waals surface area contributed by atoms with E-state index < -0.39 is 0 Å². The molecule has 0 atom stereocenters. The van der Waals surface area contributed by atoms with Crippen molar-refractivity contribution in [2.24, 2.45) is 11.8 Å². The van der Waals surface area contributed by atoms with E-state index in [2.05, 4.69) is 13.8 Å². The molecule has 0 aromatic heterocycles. The first-order valence-corrected chi connectivity index (χ1v) is 3.88. The van der Waals surface area contributed by atoms with Gasteiger partial charge >= 0.3 is 0 Å². The number of rotatable bonds is 1. The van der Waals surface area contributed by atoms with Crippen molar-refractivity contribution >= 4 is 0 Å². The normalized spacial score (nSPS) is 23.0. The van der Waals surface area contributed by atoms with E-state index in [1.54, 1.807) is 0 Å². The Hall–Kier alpha value is -0.0400. The number of ether oxygens (including phenoxy) is 1. The van der Waals surface area contributed by atoms with E-state index in [1.165, 1.54) is 12.8 Å². The Morgan fingerprint density at radius 3 is 2.11 bits per heavy atom. The lowest BCUT2D eigenvalue weighted by Gasteiger charge is -2.24. The molecule has 0 bridgehead atoms. The van der Waals surface area contributed by atoms with Crippen LogP contribution >= 0.6 is 0 Å². The predicted molar refractivity (Wildman–Crippen MR) is 38.4 cm³/mol. The monoisotopic (exact) mass is 128 g/mol. The van der Waals surface area contributed by atoms with Gasteiger partial charge in [-0.25, -0.2) is 0 Å². The molecule has 0 aromatic carbocycles. The molecule has 0 saturated carbocycles. The van der Waals surface area contributed by atoms with Crippen molar-refractivity contribution in [3.05, 3.63) is 0 Å². The quantitative estimate of drug-likeness (QED) is 0.525. The first-order valence-electron chi connectivity index (χ1n) is 3.88. The van der Waals surface area contributed by atoms with Crippen molar-refractivity contribution in [1.82, 2.24) is 0 Å². The summed E-state index contributed by atoms with van der Waals surface area (Å²) in [6, 6.07) is 0. The standard InChI is InChI=1S/C8H16O/c1-7(2)8-3-5-9-6-4-8/h7-8H,3-6H2,1-2H3. The third kappa shape index (κ3) is 1.98. The average molecular weight is 128 g/mol. The van der Waals surface area contributed by atoms with Gasteiger partial charge in [0.1, 0.15) is 0 Å². The predicted octanol–water partition coefficient (Wildman–Crippen LogP) is 2.07. The van der Waals surface area contributed by atoms with Crippen molar-refractivity contribution < 1.29 is 4.74 Å². The largest absolute Gasteiger partial charge is 0.381 e. The molecule has 1 nitrogen and oxygen atoms in total. The maximum atomic E-state index is 5.25. The third-order valence-corrected chi connectivity index (χ3v) is 2.21. The lowest BCUT2D eigenvalue weighted by Crippen LogP contribution is -2.19. The van der Waals surface area contributed by atoms with Crippen molar-refractivity contribution in [1.29, 1.82) is 0 Å². The summed E-state index contributed by atoms with van der Waals surface area (Å²) < 4.78 is 5.25. The van der Waals surface area contributed by atoms with Gasteiger partial charge in [0.2, 0.25) is 0 Å². The van der Waals surface area contributed by atoms with E-state index in [4.69, 9.17) is 4.74 Å². The minimum Gasteiger partial charge on any atom is -0.381 e. The maximum absolute atomic E-state index is 5.25. The Bertz CT molecular complexity index is 72.6. The first kappa shape index (κ1) is 7.07. The van der Waals surface area contributed by atoms with Gasteiger partial charge in [0, 0.05) is 13.2 Å². The fourth-order valence-electron chi connectivity index (χ4n) is 1.38. The van der Waals surface area contributed by atoms with Gasteiger partial charge in [-0.15, -0.1) is 0 Å². The SMILES string of the molecule is CC(C)C1CCOCC1. The van der Waals surface area contributed by atoms with Crippen LogP contribution in [0.25, 0.3) is 0 Å². The van der Waals surface area contributed by atoms with Gasteiger partial charge in [0.15, 0.2) is 0 Å². The van der Waals surface area contributed by atoms with Crippen LogP contribution in [0.15, 0.2) is 0 Å². The molecule has 1 aliphatic heterocycles. The van der Waals surface area contributed by atoms with Crippen molar-refractivity contribution in [2.75, 3.05) is 13.2 Å². The highest BCUT2D eigenvalue weighted by atomic mass is 16.5. The molecule has 1 heteroatoms. The molecule has 0 spiro atoms. The Balaban J connectivity index is 2.23. The molecule has 54 valence electrons. The second kappa shape index (κ2) is 3.21. The van der Waals surface area contributed by atoms with Crippen molar-refractivity contribution in [3.8, 4) is 0 Å². The zero-order valence-corrected chi connectivity index (χ0v) is 6.39. The molecule has 1 rings (SSSR count). The molecular formula is C8H16O. The topological polar surface area (TPSA) is 9.23 Å². The Morgan fingerprint density at radius 2 is 1.78 bits per heavy atom. The molecule has 0 radical (unpaired) electrons. The van der Waals surface area contributed by atoms with Crippen LogP contribution in [-0.4, -0.2) is 13.2 Å². The minimum absolute atomic E-state index is 0.855. The summed E-state index contributed by atoms with van der Waals surface area (Å²) in [6.07, 6.45) is 2.55. The molecule has 1 heterocycles. The average Bonchev–Trinajstić information content (AvgIpc) is 1.90. The molecule has 1 fully saturated rings. The highest BCUT2D eigenvalue weighted by Crippen LogP contribution is 2.22. The Labute approximate surface area is 57.4 Å². The summed E-state index contributed by atoms with van der Waals surface area (Å²) in [5.41, 5.74) is 0. The molecule has 0 aliphatic carbocycles. The highest BCUT2D eigenvalue weighted by molar-refractivity contribution is 4.65. The smallest absolute Gasteiger partial charge is 0.0468 e. The van der Waals surface area contributed by atoms with Gasteiger partial charge in [-0.05, 0) is 24.7 Å². The van der Waals surface area contributed by atoms with Crippen molar-refractivity contribution in [3.63, 3.8) is 0 Å². The van der Waals surface area contributed by atoms with E-state index >= 15 is 0 Å². The second-order valence-electron chi connectivity index (χ2n) is 3.19. The van der Waals surface area contributed by atoms with E-state index in [0.717, 1.165) is 25.0 Å². The lowest BCUT2D eigenvalue weighted by atomic mass is 9.89. The third-order valence-electron chi connectivity index (χ3n) is 2.21. The summed E-state index contributed by atoms with van der Waals surface area (Å²) in [7, 11) is 0. The van der Waals surface area contributed by atoms with E-state index in [9.17, 15) is 0 Å². The fourth-order valence-corrected chi connectivity index (χ4v) is 1.38. The zero-order valence-electron chi connectivity index (χ0n) is 6.39. The fraction of sp³-hybridized carbons (Fsp3) is 1.00. The van der Waals surface area contributed by atoms with Crippen LogP contribution in [0.1, 0.15) is 26.7 Å². The first-order chi connectivity index (χ1) is 4.30. The van der Waals surface area contributed by atoms with Gasteiger partial charge in [-0.1, -0.05) is 13.8 Å². The van der Waals surface area contributed by atoms with Gasteiger partial charge in [-0.2, -0.15) is 0 Å². The van der Waals surface area contributed by atoms with E-state index in [1.807, 2.05) is 0 Å². The highest BCUT2D eigenvalue weighted by Gasteiger charge is 2.16. The van der Waals surface area contributed by atoms with Crippen LogP contribution in [0, 0.1) is 11.8 Å². The Kier molecular flexibility index (Phi) is 2.52. The van der Waals surface area contributed by atoms with E-state index in [-0.39, 0.29) is 0 Å².